The molecule has 0 radical (unpaired) electrons. The van der Waals surface area contributed by atoms with Crippen LogP contribution >= 0.6 is 0 Å². The molecule has 0 heterocycles. The molecule has 146 valence electrons. The van der Waals surface area contributed by atoms with Crippen LogP contribution in [0.2, 0.25) is 0 Å². The van der Waals surface area contributed by atoms with Gasteiger partial charge in [0, 0.05) is 5.41 Å². The van der Waals surface area contributed by atoms with Gasteiger partial charge in [0.2, 0.25) is 0 Å². The molecule has 0 amide bonds. The summed E-state index contributed by atoms with van der Waals surface area (Å²) in [5, 5.41) is 0. The van der Waals surface area contributed by atoms with Crippen LogP contribution < -0.4 is 0 Å². The number of ether oxygens (including phenoxy) is 1. The molecule has 4 rings (SSSR count). The lowest BCUT2D eigenvalue weighted by atomic mass is 9.46. The van der Waals surface area contributed by atoms with Crippen LogP contribution in [-0.2, 0) is 14.3 Å². The van der Waals surface area contributed by atoms with Gasteiger partial charge in [0.1, 0.15) is 5.92 Å². The molecule has 4 aliphatic rings. The minimum Gasteiger partial charge on any atom is -0.465 e. The van der Waals surface area contributed by atoms with Crippen molar-refractivity contribution in [1.29, 1.82) is 0 Å². The highest BCUT2D eigenvalue weighted by atomic mass is 16.5. The molecule has 0 saturated heterocycles. The summed E-state index contributed by atoms with van der Waals surface area (Å²) in [6.07, 6.45) is 10.9. The molecule has 0 aromatic rings. The molecule has 4 aliphatic carbocycles. The fraction of sp³-hybridized carbons (Fsp3) is 0.913. The van der Waals surface area contributed by atoms with E-state index in [-0.39, 0.29) is 17.2 Å². The Labute approximate surface area is 158 Å². The molecule has 7 unspecified atom stereocenters. The van der Waals surface area contributed by atoms with Gasteiger partial charge in [-0.05, 0) is 93.8 Å². The number of hydrogen-bond donors (Lipinski definition) is 0. The minimum atomic E-state index is -0.500. The number of ketones is 1. The van der Waals surface area contributed by atoms with Crippen LogP contribution in [-0.4, -0.2) is 18.4 Å². The Bertz CT molecular complexity index is 570. The smallest absolute Gasteiger partial charge is 0.316 e. The number of rotatable bonds is 2. The summed E-state index contributed by atoms with van der Waals surface area (Å²) in [7, 11) is 0. The molecule has 4 saturated carbocycles. The number of esters is 1. The zero-order valence-corrected chi connectivity index (χ0v) is 16.8. The number of carbonyl (C=O) groups is 2. The van der Waals surface area contributed by atoms with Crippen molar-refractivity contribution < 1.29 is 14.3 Å². The van der Waals surface area contributed by atoms with Crippen molar-refractivity contribution in [2.75, 3.05) is 6.61 Å². The van der Waals surface area contributed by atoms with Gasteiger partial charge in [0.25, 0.3) is 0 Å². The molecule has 0 bridgehead atoms. The maximum atomic E-state index is 13.3. The SMILES string of the molecule is CCOC(=O)C1CCC2C3CC[C@@H]4CC(C)CCC4C3CCC2(C)C1=O. The fourth-order valence-corrected chi connectivity index (χ4v) is 7.59. The second kappa shape index (κ2) is 6.95. The van der Waals surface area contributed by atoms with Crippen LogP contribution in [0.25, 0.3) is 0 Å². The Morgan fingerprint density at radius 1 is 1.04 bits per heavy atom. The van der Waals surface area contributed by atoms with Gasteiger partial charge in [-0.2, -0.15) is 0 Å². The van der Waals surface area contributed by atoms with Crippen LogP contribution in [0.15, 0.2) is 0 Å². The summed E-state index contributed by atoms with van der Waals surface area (Å²) in [4.78, 5) is 25.6. The molecule has 0 spiro atoms. The molecule has 4 fully saturated rings. The van der Waals surface area contributed by atoms with Gasteiger partial charge in [-0.25, -0.2) is 0 Å². The molecule has 0 aliphatic heterocycles. The third kappa shape index (κ3) is 2.85. The first-order chi connectivity index (χ1) is 12.5. The topological polar surface area (TPSA) is 43.4 Å². The van der Waals surface area contributed by atoms with Gasteiger partial charge in [0.15, 0.2) is 5.78 Å². The molecule has 3 nitrogen and oxygen atoms in total. The summed E-state index contributed by atoms with van der Waals surface area (Å²) in [6.45, 7) is 6.80. The zero-order valence-electron chi connectivity index (χ0n) is 16.8. The van der Waals surface area contributed by atoms with Gasteiger partial charge in [-0.1, -0.05) is 20.3 Å². The van der Waals surface area contributed by atoms with Crippen LogP contribution in [0, 0.1) is 46.8 Å². The fourth-order valence-electron chi connectivity index (χ4n) is 7.59. The average molecular weight is 361 g/mol. The van der Waals surface area contributed by atoms with E-state index in [2.05, 4.69) is 13.8 Å². The summed E-state index contributed by atoms with van der Waals surface area (Å²) in [5.74, 6) is 4.24. The van der Waals surface area contributed by atoms with Crippen molar-refractivity contribution >= 4 is 11.8 Å². The first-order valence-corrected chi connectivity index (χ1v) is 11.2. The number of hydrogen-bond acceptors (Lipinski definition) is 3. The highest BCUT2D eigenvalue weighted by molar-refractivity contribution is 6.02. The monoisotopic (exact) mass is 360 g/mol. The molecule has 0 aromatic heterocycles. The van der Waals surface area contributed by atoms with Gasteiger partial charge in [0.05, 0.1) is 6.61 Å². The molecule has 8 atom stereocenters. The van der Waals surface area contributed by atoms with Crippen molar-refractivity contribution in [3.05, 3.63) is 0 Å². The first kappa shape index (κ1) is 18.5. The van der Waals surface area contributed by atoms with E-state index in [1.54, 1.807) is 0 Å². The Hall–Kier alpha value is -0.860. The van der Waals surface area contributed by atoms with E-state index < -0.39 is 5.92 Å². The largest absolute Gasteiger partial charge is 0.465 e. The van der Waals surface area contributed by atoms with Gasteiger partial charge >= 0.3 is 5.97 Å². The lowest BCUT2D eigenvalue weighted by Gasteiger charge is -2.58. The van der Waals surface area contributed by atoms with Crippen LogP contribution in [0.5, 0.6) is 0 Å². The predicted molar refractivity (Wildman–Crippen MR) is 101 cm³/mol. The predicted octanol–water partition coefficient (Wildman–Crippen LogP) is 5.02. The molecule has 0 N–H and O–H groups in total. The second-order valence-corrected chi connectivity index (χ2v) is 10.1. The summed E-state index contributed by atoms with van der Waals surface area (Å²) in [5.41, 5.74) is -0.286. The minimum absolute atomic E-state index is 0.199. The standard InChI is InChI=1S/C23H36O3/c1-4-26-22(25)19-9-10-20-18-8-6-15-13-14(2)5-7-16(15)17(18)11-12-23(20,3)21(19)24/h14-20H,4-13H2,1-3H3/t14?,15-,16?,17?,18?,19?,20?,23?/m1/s1. The first-order valence-electron chi connectivity index (χ1n) is 11.2. The van der Waals surface area contributed by atoms with E-state index in [9.17, 15) is 9.59 Å². The average Bonchev–Trinajstić information content (AvgIpc) is 2.62. The van der Waals surface area contributed by atoms with Crippen molar-refractivity contribution in [2.24, 2.45) is 46.8 Å². The molecule has 0 aromatic carbocycles. The summed E-state index contributed by atoms with van der Waals surface area (Å²) < 4.78 is 5.20. The Morgan fingerprint density at radius 2 is 1.81 bits per heavy atom. The second-order valence-electron chi connectivity index (χ2n) is 10.1. The van der Waals surface area contributed by atoms with Crippen LogP contribution in [0.3, 0.4) is 0 Å². The normalized spacial score (nSPS) is 48.1. The van der Waals surface area contributed by atoms with Crippen molar-refractivity contribution in [2.45, 2.75) is 78.6 Å². The van der Waals surface area contributed by atoms with Crippen LogP contribution in [0.4, 0.5) is 0 Å². The van der Waals surface area contributed by atoms with Crippen molar-refractivity contribution in [3.8, 4) is 0 Å². The molecule has 26 heavy (non-hydrogen) atoms. The van der Waals surface area contributed by atoms with Gasteiger partial charge in [-0.3, -0.25) is 9.59 Å². The molecular formula is C23H36O3. The quantitative estimate of drug-likeness (QED) is 0.513. The molecular weight excluding hydrogens is 324 g/mol. The highest BCUT2D eigenvalue weighted by Gasteiger charge is 2.58. The highest BCUT2D eigenvalue weighted by Crippen LogP contribution is 2.61. The van der Waals surface area contributed by atoms with E-state index in [0.717, 1.165) is 42.4 Å². The Morgan fingerprint density at radius 3 is 2.58 bits per heavy atom. The Balaban J connectivity index is 1.53. The van der Waals surface area contributed by atoms with Gasteiger partial charge < -0.3 is 4.74 Å². The molecule has 3 heteroatoms. The van der Waals surface area contributed by atoms with E-state index in [4.69, 9.17) is 4.74 Å². The van der Waals surface area contributed by atoms with Crippen LogP contribution in [0.1, 0.15) is 78.6 Å². The van der Waals surface area contributed by atoms with E-state index in [1.165, 1.54) is 38.5 Å². The van der Waals surface area contributed by atoms with E-state index >= 15 is 0 Å². The third-order valence-corrected chi connectivity index (χ3v) is 8.82. The summed E-state index contributed by atoms with van der Waals surface area (Å²) in [6, 6.07) is 0. The van der Waals surface area contributed by atoms with E-state index in [0.29, 0.717) is 18.9 Å². The third-order valence-electron chi connectivity index (χ3n) is 8.82. The number of Topliss-reactive ketones (excluding diaryl/α,β-unsaturated/α-hetero) is 1. The number of fused-ring (bicyclic) bond motifs is 5. The maximum absolute atomic E-state index is 13.3. The van der Waals surface area contributed by atoms with Gasteiger partial charge in [-0.15, -0.1) is 0 Å². The van der Waals surface area contributed by atoms with Crippen molar-refractivity contribution in [1.82, 2.24) is 0 Å². The zero-order chi connectivity index (χ0) is 18.5. The lowest BCUT2D eigenvalue weighted by molar-refractivity contribution is -0.165. The number of carbonyl (C=O) groups excluding carboxylic acids is 2. The maximum Gasteiger partial charge on any atom is 0.316 e. The lowest BCUT2D eigenvalue weighted by Crippen LogP contribution is -2.56. The Kier molecular flexibility index (Phi) is 4.94. The van der Waals surface area contributed by atoms with Crippen molar-refractivity contribution in [3.63, 3.8) is 0 Å². The summed E-state index contributed by atoms with van der Waals surface area (Å²) >= 11 is 0. The van der Waals surface area contributed by atoms with E-state index in [1.807, 2.05) is 6.92 Å².